The second-order valence-electron chi connectivity index (χ2n) is 9.97. The van der Waals surface area contributed by atoms with Crippen LogP contribution in [-0.2, 0) is 16.1 Å². The Labute approximate surface area is 208 Å². The van der Waals surface area contributed by atoms with Crippen LogP contribution in [0.2, 0.25) is 0 Å². The number of hydrogen-bond acceptors (Lipinski definition) is 4. The van der Waals surface area contributed by atoms with Crippen molar-refractivity contribution < 1.29 is 14.4 Å². The Bertz CT molecular complexity index is 741. The molecule has 192 valence electrons. The second kappa shape index (κ2) is 17.6. The van der Waals surface area contributed by atoms with Crippen LogP contribution in [0.15, 0.2) is 17.3 Å². The van der Waals surface area contributed by atoms with E-state index in [0.29, 0.717) is 6.42 Å². The van der Waals surface area contributed by atoms with Gasteiger partial charge in [-0.25, -0.2) is 4.79 Å². The van der Waals surface area contributed by atoms with Crippen LogP contribution in [0, 0.1) is 6.92 Å². The molecule has 0 aromatic heterocycles. The maximum atomic E-state index is 12.1. The smallest absolute Gasteiger partial charge is 0.335 e. The first-order chi connectivity index (χ1) is 16.7. The van der Waals surface area contributed by atoms with Crippen LogP contribution in [0.5, 0.6) is 5.75 Å². The number of carbonyl (C=O) groups is 1. The van der Waals surface area contributed by atoms with E-state index in [1.807, 2.05) is 12.1 Å². The number of benzene rings is 1. The van der Waals surface area contributed by atoms with E-state index in [-0.39, 0.29) is 5.97 Å². The minimum absolute atomic E-state index is 0.209. The number of carbonyl (C=O) groups excluding carboxylic acids is 1. The predicted octanol–water partition coefficient (Wildman–Crippen LogP) is 8.85. The Morgan fingerprint density at radius 2 is 1.38 bits per heavy atom. The van der Waals surface area contributed by atoms with Gasteiger partial charge in [0.15, 0.2) is 0 Å². The number of oxime groups is 1. The maximum absolute atomic E-state index is 12.1. The molecule has 0 fully saturated rings. The molecule has 0 saturated heterocycles. The number of fused-ring (bicyclic) bond motifs is 1. The van der Waals surface area contributed by atoms with Crippen LogP contribution in [0.4, 0.5) is 0 Å². The van der Waals surface area contributed by atoms with E-state index in [0.717, 1.165) is 54.7 Å². The van der Waals surface area contributed by atoms with Gasteiger partial charge in [0.25, 0.3) is 0 Å². The van der Waals surface area contributed by atoms with Gasteiger partial charge in [0.1, 0.15) is 5.75 Å². The fraction of sp³-hybridized carbons (Fsp3) is 0.733. The number of methoxy groups -OCH3 is 1. The van der Waals surface area contributed by atoms with Crippen LogP contribution >= 0.6 is 0 Å². The molecular weight excluding hydrogens is 422 g/mol. The highest BCUT2D eigenvalue weighted by Gasteiger charge is 2.20. The lowest BCUT2D eigenvalue weighted by atomic mass is 9.87. The molecule has 1 aliphatic rings. The van der Waals surface area contributed by atoms with Gasteiger partial charge in [0.05, 0.1) is 12.8 Å². The SMILES string of the molecule is CCCCCCCCCCCCCCCCCC(=O)ON=C1CCCc2c1ccc(OC)c2C. The van der Waals surface area contributed by atoms with Crippen molar-refractivity contribution in [3.8, 4) is 5.75 Å². The molecular formula is C30H49NO3. The van der Waals surface area contributed by atoms with E-state index < -0.39 is 0 Å². The van der Waals surface area contributed by atoms with Crippen molar-refractivity contribution in [1.82, 2.24) is 0 Å². The Morgan fingerprint density at radius 1 is 0.824 bits per heavy atom. The summed E-state index contributed by atoms with van der Waals surface area (Å²) in [5.74, 6) is 0.699. The summed E-state index contributed by atoms with van der Waals surface area (Å²) >= 11 is 0. The highest BCUT2D eigenvalue weighted by atomic mass is 16.7. The fourth-order valence-electron chi connectivity index (χ4n) is 5.00. The summed E-state index contributed by atoms with van der Waals surface area (Å²) in [7, 11) is 1.70. The second-order valence-corrected chi connectivity index (χ2v) is 9.97. The molecule has 1 aromatic carbocycles. The molecule has 0 bridgehead atoms. The average molecular weight is 472 g/mol. The first-order valence-corrected chi connectivity index (χ1v) is 14.1. The normalized spacial score (nSPS) is 14.3. The van der Waals surface area contributed by atoms with Crippen LogP contribution < -0.4 is 4.74 Å². The number of hydrogen-bond donors (Lipinski definition) is 0. The molecule has 0 amide bonds. The zero-order chi connectivity index (χ0) is 24.4. The van der Waals surface area contributed by atoms with Gasteiger partial charge in [-0.2, -0.15) is 0 Å². The summed E-state index contributed by atoms with van der Waals surface area (Å²) < 4.78 is 5.44. The summed E-state index contributed by atoms with van der Waals surface area (Å²) in [6, 6.07) is 4.02. The topological polar surface area (TPSA) is 47.9 Å². The van der Waals surface area contributed by atoms with E-state index in [4.69, 9.17) is 9.57 Å². The zero-order valence-electron chi connectivity index (χ0n) is 22.3. The summed E-state index contributed by atoms with van der Waals surface area (Å²) in [5.41, 5.74) is 4.42. The van der Waals surface area contributed by atoms with Gasteiger partial charge in [-0.05, 0) is 55.9 Å². The first-order valence-electron chi connectivity index (χ1n) is 14.1. The molecule has 0 heterocycles. The van der Waals surface area contributed by atoms with Crippen molar-refractivity contribution in [3.63, 3.8) is 0 Å². The first kappa shape index (κ1) is 28.4. The summed E-state index contributed by atoms with van der Waals surface area (Å²) in [4.78, 5) is 17.4. The van der Waals surface area contributed by atoms with E-state index in [1.54, 1.807) is 7.11 Å². The molecule has 1 aliphatic carbocycles. The van der Waals surface area contributed by atoms with E-state index in [1.165, 1.54) is 89.0 Å². The lowest BCUT2D eigenvalue weighted by Crippen LogP contribution is -2.15. The van der Waals surface area contributed by atoms with Gasteiger partial charge in [-0.3, -0.25) is 0 Å². The Balaban J connectivity index is 1.49. The molecule has 0 N–H and O–H groups in total. The van der Waals surface area contributed by atoms with Gasteiger partial charge in [0, 0.05) is 12.0 Å². The number of nitrogens with zero attached hydrogens (tertiary/aromatic N) is 1. The molecule has 1 aromatic rings. The number of unbranched alkanes of at least 4 members (excludes halogenated alkanes) is 14. The van der Waals surface area contributed by atoms with Crippen LogP contribution in [0.25, 0.3) is 0 Å². The lowest BCUT2D eigenvalue weighted by molar-refractivity contribution is -0.143. The van der Waals surface area contributed by atoms with Crippen molar-refractivity contribution in [3.05, 3.63) is 28.8 Å². The quantitative estimate of drug-likeness (QED) is 0.122. The monoisotopic (exact) mass is 471 g/mol. The Morgan fingerprint density at radius 3 is 1.94 bits per heavy atom. The van der Waals surface area contributed by atoms with Crippen LogP contribution in [-0.4, -0.2) is 18.8 Å². The molecule has 4 nitrogen and oxygen atoms in total. The third-order valence-electron chi connectivity index (χ3n) is 7.16. The molecule has 4 heteroatoms. The average Bonchev–Trinajstić information content (AvgIpc) is 2.85. The van der Waals surface area contributed by atoms with Gasteiger partial charge < -0.3 is 9.57 Å². The maximum Gasteiger partial charge on any atom is 0.335 e. The largest absolute Gasteiger partial charge is 0.496 e. The molecule has 34 heavy (non-hydrogen) atoms. The standard InChI is InChI=1S/C30H49NO3/c1-4-5-6-7-8-9-10-11-12-13-14-15-16-17-18-22-30(32)34-31-28-21-19-20-26-25(2)29(33-3)24-23-27(26)28/h23-24H,4-22H2,1-3H3. The third-order valence-corrected chi connectivity index (χ3v) is 7.16. The van der Waals surface area contributed by atoms with E-state index in [2.05, 4.69) is 19.0 Å². The van der Waals surface area contributed by atoms with Crippen molar-refractivity contribution in [2.75, 3.05) is 7.11 Å². The van der Waals surface area contributed by atoms with E-state index >= 15 is 0 Å². The van der Waals surface area contributed by atoms with Gasteiger partial charge >= 0.3 is 5.97 Å². The highest BCUT2D eigenvalue weighted by Crippen LogP contribution is 2.30. The van der Waals surface area contributed by atoms with Crippen LogP contribution in [0.3, 0.4) is 0 Å². The molecule has 0 radical (unpaired) electrons. The molecule has 2 rings (SSSR count). The lowest BCUT2D eigenvalue weighted by Gasteiger charge is -2.20. The molecule has 0 atom stereocenters. The minimum Gasteiger partial charge on any atom is -0.496 e. The van der Waals surface area contributed by atoms with Gasteiger partial charge in [0.2, 0.25) is 0 Å². The van der Waals surface area contributed by atoms with Crippen molar-refractivity contribution in [2.45, 2.75) is 136 Å². The third kappa shape index (κ3) is 10.6. The molecule has 0 unspecified atom stereocenters. The molecule has 0 saturated carbocycles. The number of rotatable bonds is 18. The summed E-state index contributed by atoms with van der Waals surface area (Å²) in [6.45, 7) is 4.36. The number of ether oxygens (including phenoxy) is 1. The highest BCUT2D eigenvalue weighted by molar-refractivity contribution is 6.03. The van der Waals surface area contributed by atoms with Crippen molar-refractivity contribution >= 4 is 11.7 Å². The zero-order valence-corrected chi connectivity index (χ0v) is 22.3. The summed E-state index contributed by atoms with van der Waals surface area (Å²) in [6.07, 6.45) is 23.2. The van der Waals surface area contributed by atoms with Gasteiger partial charge in [-0.15, -0.1) is 0 Å². The fourth-order valence-corrected chi connectivity index (χ4v) is 5.00. The Hall–Kier alpha value is -1.84. The van der Waals surface area contributed by atoms with E-state index in [9.17, 15) is 4.79 Å². The molecule has 0 aliphatic heterocycles. The van der Waals surface area contributed by atoms with Gasteiger partial charge in [-0.1, -0.05) is 102 Å². The van der Waals surface area contributed by atoms with Crippen molar-refractivity contribution in [2.24, 2.45) is 5.16 Å². The Kier molecular flexibility index (Phi) is 14.7. The summed E-state index contributed by atoms with van der Waals surface area (Å²) in [5, 5.41) is 4.24. The predicted molar refractivity (Wildman–Crippen MR) is 143 cm³/mol. The van der Waals surface area contributed by atoms with Crippen molar-refractivity contribution in [1.29, 1.82) is 0 Å². The molecule has 0 spiro atoms. The minimum atomic E-state index is -0.209. The van der Waals surface area contributed by atoms with Crippen LogP contribution in [0.1, 0.15) is 139 Å².